The topological polar surface area (TPSA) is 46.9 Å². The van der Waals surface area contributed by atoms with Crippen LogP contribution in [0.4, 0.5) is 5.69 Å². The van der Waals surface area contributed by atoms with Gasteiger partial charge in [0.2, 0.25) is 0 Å². The van der Waals surface area contributed by atoms with Crippen LogP contribution in [0.3, 0.4) is 0 Å². The number of anilines is 1. The van der Waals surface area contributed by atoms with Gasteiger partial charge in [0.1, 0.15) is 0 Å². The van der Waals surface area contributed by atoms with Crippen molar-refractivity contribution in [1.82, 2.24) is 9.78 Å². The van der Waals surface area contributed by atoms with E-state index in [1.807, 2.05) is 49.4 Å². The number of para-hydroxylation sites is 2. The standard InChI is InChI=1S/C17H14ClN3O/c1-12-14(11-19-21(12)13-7-3-2-4-8-13)17(22)20-16-10-6-5-9-15(16)18/h2-11H,1H3,(H,20,22). The maximum Gasteiger partial charge on any atom is 0.259 e. The Hall–Kier alpha value is -2.59. The molecule has 0 unspecified atom stereocenters. The lowest BCUT2D eigenvalue weighted by molar-refractivity contribution is 0.102. The third-order valence-electron chi connectivity index (χ3n) is 3.38. The van der Waals surface area contributed by atoms with Crippen LogP contribution in [0.1, 0.15) is 16.1 Å². The highest BCUT2D eigenvalue weighted by atomic mass is 35.5. The summed E-state index contributed by atoms with van der Waals surface area (Å²) in [4.78, 5) is 12.4. The van der Waals surface area contributed by atoms with E-state index in [0.29, 0.717) is 16.3 Å². The molecule has 2 aromatic carbocycles. The molecule has 22 heavy (non-hydrogen) atoms. The Morgan fingerprint density at radius 3 is 2.50 bits per heavy atom. The van der Waals surface area contributed by atoms with Crippen LogP contribution in [0.15, 0.2) is 60.8 Å². The molecule has 1 amide bonds. The van der Waals surface area contributed by atoms with Gasteiger partial charge < -0.3 is 5.32 Å². The molecule has 5 heteroatoms. The summed E-state index contributed by atoms with van der Waals surface area (Å²) in [5.74, 6) is -0.229. The van der Waals surface area contributed by atoms with E-state index in [1.165, 1.54) is 0 Å². The molecule has 0 aliphatic heterocycles. The second-order valence-corrected chi connectivity index (χ2v) is 5.23. The van der Waals surface area contributed by atoms with Crippen LogP contribution in [-0.4, -0.2) is 15.7 Å². The Morgan fingerprint density at radius 2 is 1.77 bits per heavy atom. The zero-order valence-electron chi connectivity index (χ0n) is 12.0. The van der Waals surface area contributed by atoms with Crippen LogP contribution < -0.4 is 5.32 Å². The van der Waals surface area contributed by atoms with Crippen LogP contribution in [-0.2, 0) is 0 Å². The molecule has 3 rings (SSSR count). The van der Waals surface area contributed by atoms with Crippen molar-refractivity contribution >= 4 is 23.2 Å². The minimum atomic E-state index is -0.229. The number of aromatic nitrogens is 2. The van der Waals surface area contributed by atoms with E-state index in [0.717, 1.165) is 11.4 Å². The SMILES string of the molecule is Cc1c(C(=O)Nc2ccccc2Cl)cnn1-c1ccccc1. The van der Waals surface area contributed by atoms with Crippen LogP contribution in [0.25, 0.3) is 5.69 Å². The van der Waals surface area contributed by atoms with E-state index in [9.17, 15) is 4.79 Å². The number of hydrogen-bond acceptors (Lipinski definition) is 2. The van der Waals surface area contributed by atoms with E-state index in [4.69, 9.17) is 11.6 Å². The fourth-order valence-corrected chi connectivity index (χ4v) is 2.40. The van der Waals surface area contributed by atoms with Crippen LogP contribution in [0, 0.1) is 6.92 Å². The van der Waals surface area contributed by atoms with Crippen molar-refractivity contribution in [3.63, 3.8) is 0 Å². The van der Waals surface area contributed by atoms with Gasteiger partial charge in [-0.15, -0.1) is 0 Å². The first-order valence-electron chi connectivity index (χ1n) is 6.83. The predicted molar refractivity (Wildman–Crippen MR) is 87.7 cm³/mol. The van der Waals surface area contributed by atoms with E-state index in [1.54, 1.807) is 23.0 Å². The number of hydrogen-bond donors (Lipinski definition) is 1. The molecule has 1 aromatic heterocycles. The first kappa shape index (κ1) is 14.4. The number of nitrogens with one attached hydrogen (secondary N) is 1. The molecule has 0 aliphatic rings. The number of halogens is 1. The molecule has 0 spiro atoms. The van der Waals surface area contributed by atoms with E-state index in [2.05, 4.69) is 10.4 Å². The monoisotopic (exact) mass is 311 g/mol. The summed E-state index contributed by atoms with van der Waals surface area (Å²) in [5.41, 5.74) is 2.79. The molecule has 0 aliphatic carbocycles. The quantitative estimate of drug-likeness (QED) is 0.792. The largest absolute Gasteiger partial charge is 0.321 e. The zero-order chi connectivity index (χ0) is 15.5. The Labute approximate surface area is 133 Å². The Balaban J connectivity index is 1.89. The molecule has 3 aromatic rings. The average Bonchev–Trinajstić information content (AvgIpc) is 2.92. The Bertz CT molecular complexity index is 812. The number of nitrogens with zero attached hydrogens (tertiary/aromatic N) is 2. The number of amides is 1. The van der Waals surface area contributed by atoms with Gasteiger partial charge in [0.15, 0.2) is 0 Å². The van der Waals surface area contributed by atoms with Crippen molar-refractivity contribution in [2.75, 3.05) is 5.32 Å². The summed E-state index contributed by atoms with van der Waals surface area (Å²) >= 11 is 6.06. The summed E-state index contributed by atoms with van der Waals surface area (Å²) in [6, 6.07) is 16.8. The summed E-state index contributed by atoms with van der Waals surface area (Å²) in [5, 5.41) is 7.61. The predicted octanol–water partition coefficient (Wildman–Crippen LogP) is 4.09. The van der Waals surface area contributed by atoms with Gasteiger partial charge in [-0.2, -0.15) is 5.10 Å². The smallest absolute Gasteiger partial charge is 0.259 e. The van der Waals surface area contributed by atoms with E-state index >= 15 is 0 Å². The molecule has 0 radical (unpaired) electrons. The Kier molecular flexibility index (Phi) is 3.94. The van der Waals surface area contributed by atoms with Gasteiger partial charge in [0.05, 0.1) is 33.9 Å². The summed E-state index contributed by atoms with van der Waals surface area (Å²) < 4.78 is 1.74. The lowest BCUT2D eigenvalue weighted by Crippen LogP contribution is -2.13. The summed E-state index contributed by atoms with van der Waals surface area (Å²) in [7, 11) is 0. The van der Waals surface area contributed by atoms with Gasteiger partial charge in [-0.1, -0.05) is 41.9 Å². The van der Waals surface area contributed by atoms with Gasteiger partial charge >= 0.3 is 0 Å². The number of benzene rings is 2. The normalized spacial score (nSPS) is 10.5. The van der Waals surface area contributed by atoms with Crippen LogP contribution in [0.5, 0.6) is 0 Å². The first-order chi connectivity index (χ1) is 10.7. The maximum atomic E-state index is 12.4. The molecule has 0 bridgehead atoms. The maximum absolute atomic E-state index is 12.4. The highest BCUT2D eigenvalue weighted by molar-refractivity contribution is 6.33. The number of carbonyl (C=O) groups excluding carboxylic acids is 1. The van der Waals surface area contributed by atoms with Crippen molar-refractivity contribution < 1.29 is 4.79 Å². The highest BCUT2D eigenvalue weighted by Crippen LogP contribution is 2.22. The summed E-state index contributed by atoms with van der Waals surface area (Å²) in [6.45, 7) is 1.86. The second kappa shape index (κ2) is 6.03. The van der Waals surface area contributed by atoms with E-state index < -0.39 is 0 Å². The second-order valence-electron chi connectivity index (χ2n) is 4.82. The van der Waals surface area contributed by atoms with Crippen LogP contribution in [0.2, 0.25) is 5.02 Å². The number of carbonyl (C=O) groups is 1. The Morgan fingerprint density at radius 1 is 1.09 bits per heavy atom. The minimum Gasteiger partial charge on any atom is -0.321 e. The fraction of sp³-hybridized carbons (Fsp3) is 0.0588. The number of rotatable bonds is 3. The van der Waals surface area contributed by atoms with Crippen LogP contribution >= 0.6 is 11.6 Å². The molecular formula is C17H14ClN3O. The zero-order valence-corrected chi connectivity index (χ0v) is 12.7. The van der Waals surface area contributed by atoms with Crippen molar-refractivity contribution in [1.29, 1.82) is 0 Å². The molecule has 0 saturated heterocycles. The average molecular weight is 312 g/mol. The highest BCUT2D eigenvalue weighted by Gasteiger charge is 2.16. The van der Waals surface area contributed by atoms with Crippen molar-refractivity contribution in [2.45, 2.75) is 6.92 Å². The molecular weight excluding hydrogens is 298 g/mol. The minimum absolute atomic E-state index is 0.229. The summed E-state index contributed by atoms with van der Waals surface area (Å²) in [6.07, 6.45) is 1.56. The molecule has 0 fully saturated rings. The lowest BCUT2D eigenvalue weighted by Gasteiger charge is -2.07. The van der Waals surface area contributed by atoms with Gasteiger partial charge in [-0.3, -0.25) is 4.79 Å². The first-order valence-corrected chi connectivity index (χ1v) is 7.20. The van der Waals surface area contributed by atoms with Gasteiger partial charge in [-0.05, 0) is 31.2 Å². The molecule has 1 N–H and O–H groups in total. The van der Waals surface area contributed by atoms with Crippen molar-refractivity contribution in [3.05, 3.63) is 77.1 Å². The van der Waals surface area contributed by atoms with Gasteiger partial charge in [-0.25, -0.2) is 4.68 Å². The van der Waals surface area contributed by atoms with E-state index in [-0.39, 0.29) is 5.91 Å². The molecule has 110 valence electrons. The molecule has 1 heterocycles. The molecule has 0 atom stereocenters. The van der Waals surface area contributed by atoms with Crippen molar-refractivity contribution in [3.8, 4) is 5.69 Å². The third-order valence-corrected chi connectivity index (χ3v) is 3.71. The molecule has 4 nitrogen and oxygen atoms in total. The van der Waals surface area contributed by atoms with Crippen molar-refractivity contribution in [2.24, 2.45) is 0 Å². The fourth-order valence-electron chi connectivity index (χ4n) is 2.21. The molecule has 0 saturated carbocycles. The third kappa shape index (κ3) is 2.73. The lowest BCUT2D eigenvalue weighted by atomic mass is 10.2. The van der Waals surface area contributed by atoms with Gasteiger partial charge in [0.25, 0.3) is 5.91 Å². The van der Waals surface area contributed by atoms with Gasteiger partial charge in [0, 0.05) is 0 Å².